The fraction of sp³-hybridized carbons (Fsp3) is 0.500. The molecule has 0 aromatic heterocycles. The summed E-state index contributed by atoms with van der Waals surface area (Å²) in [5.41, 5.74) is 0.703. The van der Waals surface area contributed by atoms with Crippen molar-refractivity contribution in [3.05, 3.63) is 23.8 Å². The van der Waals surface area contributed by atoms with Crippen LogP contribution in [0.15, 0.2) is 18.2 Å². The normalized spacial score (nSPS) is 12.7. The molecular weight excluding hydrogens is 192 g/mol. The maximum atomic E-state index is 9.67. The lowest BCUT2D eigenvalue weighted by molar-refractivity contribution is 0.178. The molecule has 1 aromatic rings. The fourth-order valence-electron chi connectivity index (χ4n) is 1.47. The molecule has 84 valence electrons. The van der Waals surface area contributed by atoms with E-state index in [1.54, 1.807) is 14.0 Å². The first kappa shape index (κ1) is 11.9. The van der Waals surface area contributed by atoms with Gasteiger partial charge in [0.05, 0.1) is 24.9 Å². The molecule has 3 nitrogen and oxygen atoms in total. The number of rotatable bonds is 4. The number of aliphatic hydroxyl groups excluding tert-OH is 1. The monoisotopic (exact) mass is 210 g/mol. The van der Waals surface area contributed by atoms with Gasteiger partial charge in [-0.15, -0.1) is 0 Å². The Balaban J connectivity index is 3.13. The van der Waals surface area contributed by atoms with Crippen LogP contribution in [0, 0.1) is 0 Å². The second-order valence-corrected chi connectivity index (χ2v) is 3.71. The highest BCUT2D eigenvalue weighted by Gasteiger charge is 2.15. The van der Waals surface area contributed by atoms with Gasteiger partial charge in [-0.1, -0.05) is 6.07 Å². The number of hydrogen-bond acceptors (Lipinski definition) is 3. The van der Waals surface area contributed by atoms with E-state index in [-0.39, 0.29) is 6.10 Å². The van der Waals surface area contributed by atoms with Gasteiger partial charge in [-0.05, 0) is 32.9 Å². The zero-order chi connectivity index (χ0) is 11.4. The Labute approximate surface area is 90.6 Å². The topological polar surface area (TPSA) is 38.7 Å². The van der Waals surface area contributed by atoms with Crippen LogP contribution in [0.1, 0.15) is 32.4 Å². The summed E-state index contributed by atoms with van der Waals surface area (Å²) in [5, 5.41) is 9.67. The molecule has 0 bridgehead atoms. The summed E-state index contributed by atoms with van der Waals surface area (Å²) in [6.07, 6.45) is -0.524. The molecule has 0 amide bonds. The number of benzene rings is 1. The summed E-state index contributed by atoms with van der Waals surface area (Å²) in [6, 6.07) is 5.50. The van der Waals surface area contributed by atoms with E-state index >= 15 is 0 Å². The van der Waals surface area contributed by atoms with E-state index in [1.165, 1.54) is 0 Å². The fourth-order valence-corrected chi connectivity index (χ4v) is 1.47. The van der Waals surface area contributed by atoms with Crippen molar-refractivity contribution in [3.8, 4) is 11.5 Å². The van der Waals surface area contributed by atoms with Crippen LogP contribution in [0.25, 0.3) is 0 Å². The average molecular weight is 210 g/mol. The van der Waals surface area contributed by atoms with Gasteiger partial charge in [0.1, 0.15) is 11.5 Å². The van der Waals surface area contributed by atoms with Crippen molar-refractivity contribution in [2.24, 2.45) is 0 Å². The zero-order valence-corrected chi connectivity index (χ0v) is 9.65. The van der Waals surface area contributed by atoms with Crippen LogP contribution < -0.4 is 9.47 Å². The second kappa shape index (κ2) is 5.03. The van der Waals surface area contributed by atoms with Crippen LogP contribution in [-0.2, 0) is 0 Å². The van der Waals surface area contributed by atoms with Gasteiger partial charge in [-0.2, -0.15) is 0 Å². The second-order valence-electron chi connectivity index (χ2n) is 3.71. The van der Waals surface area contributed by atoms with Gasteiger partial charge in [0.2, 0.25) is 0 Å². The predicted octanol–water partition coefficient (Wildman–Crippen LogP) is 2.54. The van der Waals surface area contributed by atoms with Gasteiger partial charge in [-0.3, -0.25) is 0 Å². The van der Waals surface area contributed by atoms with Crippen molar-refractivity contribution >= 4 is 0 Å². The number of hydrogen-bond donors (Lipinski definition) is 1. The first-order valence-electron chi connectivity index (χ1n) is 5.08. The van der Waals surface area contributed by atoms with E-state index in [1.807, 2.05) is 32.0 Å². The largest absolute Gasteiger partial charge is 0.496 e. The molecule has 0 aliphatic heterocycles. The summed E-state index contributed by atoms with van der Waals surface area (Å²) in [6.45, 7) is 5.60. The molecule has 0 radical (unpaired) electrons. The molecule has 0 aliphatic carbocycles. The molecule has 0 saturated carbocycles. The van der Waals surface area contributed by atoms with Crippen molar-refractivity contribution in [1.82, 2.24) is 0 Å². The van der Waals surface area contributed by atoms with Crippen molar-refractivity contribution in [1.29, 1.82) is 0 Å². The number of aliphatic hydroxyl groups is 1. The lowest BCUT2D eigenvalue weighted by Crippen LogP contribution is -2.09. The summed E-state index contributed by atoms with van der Waals surface area (Å²) >= 11 is 0. The van der Waals surface area contributed by atoms with Crippen molar-refractivity contribution in [2.75, 3.05) is 7.11 Å². The molecule has 1 N–H and O–H groups in total. The Bertz CT molecular complexity index is 319. The lowest BCUT2D eigenvalue weighted by Gasteiger charge is -2.18. The van der Waals surface area contributed by atoms with Gasteiger partial charge < -0.3 is 14.6 Å². The van der Waals surface area contributed by atoms with Gasteiger partial charge >= 0.3 is 0 Å². The van der Waals surface area contributed by atoms with E-state index < -0.39 is 6.10 Å². The highest BCUT2D eigenvalue weighted by molar-refractivity contribution is 5.46. The maximum Gasteiger partial charge on any atom is 0.129 e. The first-order valence-corrected chi connectivity index (χ1v) is 5.08. The molecule has 0 spiro atoms. The Morgan fingerprint density at radius 2 is 1.73 bits per heavy atom. The molecule has 1 rings (SSSR count). The SMILES string of the molecule is COc1cccc(OC(C)C)c1C(C)O. The van der Waals surface area contributed by atoms with Crippen LogP contribution in [0.2, 0.25) is 0 Å². The lowest BCUT2D eigenvalue weighted by atomic mass is 10.1. The summed E-state index contributed by atoms with van der Waals surface area (Å²) in [7, 11) is 1.58. The van der Waals surface area contributed by atoms with Crippen molar-refractivity contribution in [2.45, 2.75) is 33.0 Å². The molecule has 0 aliphatic rings. The van der Waals surface area contributed by atoms with E-state index in [9.17, 15) is 5.11 Å². The Morgan fingerprint density at radius 1 is 1.13 bits per heavy atom. The number of ether oxygens (including phenoxy) is 2. The minimum atomic E-state index is -0.602. The highest BCUT2D eigenvalue weighted by atomic mass is 16.5. The molecule has 1 unspecified atom stereocenters. The molecular formula is C12H18O3. The quantitative estimate of drug-likeness (QED) is 0.830. The van der Waals surface area contributed by atoms with Crippen LogP contribution in [0.4, 0.5) is 0 Å². The van der Waals surface area contributed by atoms with Gasteiger partial charge in [0.15, 0.2) is 0 Å². The van der Waals surface area contributed by atoms with E-state index in [0.717, 1.165) is 0 Å². The molecule has 0 heterocycles. The first-order chi connectivity index (χ1) is 7.06. The molecule has 15 heavy (non-hydrogen) atoms. The van der Waals surface area contributed by atoms with Crippen molar-refractivity contribution in [3.63, 3.8) is 0 Å². The zero-order valence-electron chi connectivity index (χ0n) is 9.65. The third-order valence-electron chi connectivity index (χ3n) is 2.03. The standard InChI is InChI=1S/C12H18O3/c1-8(2)15-11-7-5-6-10(14-4)12(11)9(3)13/h5-9,13H,1-4H3. The Hall–Kier alpha value is -1.22. The Kier molecular flexibility index (Phi) is 3.97. The summed E-state index contributed by atoms with van der Waals surface area (Å²) in [4.78, 5) is 0. The van der Waals surface area contributed by atoms with Gasteiger partial charge in [0.25, 0.3) is 0 Å². The minimum absolute atomic E-state index is 0.0783. The smallest absolute Gasteiger partial charge is 0.129 e. The van der Waals surface area contributed by atoms with Crippen LogP contribution >= 0.6 is 0 Å². The molecule has 3 heteroatoms. The van der Waals surface area contributed by atoms with Crippen molar-refractivity contribution < 1.29 is 14.6 Å². The molecule has 0 fully saturated rings. The Morgan fingerprint density at radius 3 is 2.20 bits per heavy atom. The minimum Gasteiger partial charge on any atom is -0.496 e. The summed E-state index contributed by atoms with van der Waals surface area (Å²) in [5.74, 6) is 1.34. The van der Waals surface area contributed by atoms with E-state index in [4.69, 9.17) is 9.47 Å². The number of methoxy groups -OCH3 is 1. The molecule has 0 saturated heterocycles. The van der Waals surface area contributed by atoms with Gasteiger partial charge in [-0.25, -0.2) is 0 Å². The average Bonchev–Trinajstić information content (AvgIpc) is 2.15. The van der Waals surface area contributed by atoms with Crippen LogP contribution in [-0.4, -0.2) is 18.3 Å². The molecule has 1 aromatic carbocycles. The maximum absolute atomic E-state index is 9.67. The third-order valence-corrected chi connectivity index (χ3v) is 2.03. The van der Waals surface area contributed by atoms with Crippen LogP contribution in [0.5, 0.6) is 11.5 Å². The molecule has 1 atom stereocenters. The third kappa shape index (κ3) is 2.86. The van der Waals surface area contributed by atoms with Crippen LogP contribution in [0.3, 0.4) is 0 Å². The van der Waals surface area contributed by atoms with E-state index in [2.05, 4.69) is 0 Å². The van der Waals surface area contributed by atoms with Gasteiger partial charge in [0, 0.05) is 0 Å². The van der Waals surface area contributed by atoms with E-state index in [0.29, 0.717) is 17.1 Å². The predicted molar refractivity (Wildman–Crippen MR) is 59.4 cm³/mol. The highest BCUT2D eigenvalue weighted by Crippen LogP contribution is 2.34. The summed E-state index contributed by atoms with van der Waals surface area (Å²) < 4.78 is 10.8.